The Morgan fingerprint density at radius 2 is 1.12 bits per heavy atom. The van der Waals surface area contributed by atoms with E-state index in [-0.39, 0.29) is 1.43 Å². The van der Waals surface area contributed by atoms with Crippen molar-refractivity contribution >= 4 is 0 Å². The van der Waals surface area contributed by atoms with Crippen LogP contribution in [0.2, 0.25) is 0 Å². The van der Waals surface area contributed by atoms with Gasteiger partial charge >= 0.3 is 0 Å². The molecule has 0 radical (unpaired) electrons. The molecule has 0 N–H and O–H groups in total. The van der Waals surface area contributed by atoms with Crippen molar-refractivity contribution in [3.8, 4) is 0 Å². The van der Waals surface area contributed by atoms with Crippen molar-refractivity contribution in [2.45, 2.75) is 98.3 Å². The normalized spacial score (nSPS) is 9.65. The molecule has 0 amide bonds. The first kappa shape index (κ1) is 19.1. The quantitative estimate of drug-likeness (QED) is 0.282. The molecule has 0 saturated carbocycles. The Kier molecular flexibility index (Phi) is 20.3. The van der Waals surface area contributed by atoms with Crippen LogP contribution in [-0.4, -0.2) is 0 Å². The molecule has 0 fully saturated rings. The van der Waals surface area contributed by atoms with Gasteiger partial charge in [-0.3, -0.25) is 0 Å². The van der Waals surface area contributed by atoms with Crippen LogP contribution in [0.5, 0.6) is 0 Å². The Morgan fingerprint density at radius 3 is 1.47 bits per heavy atom. The van der Waals surface area contributed by atoms with Crippen LogP contribution < -0.4 is 0 Å². The second-order valence-corrected chi connectivity index (χ2v) is 5.18. The molecule has 0 aliphatic heterocycles. The summed E-state index contributed by atoms with van der Waals surface area (Å²) in [5, 5.41) is 0. The van der Waals surface area contributed by atoms with E-state index in [1.165, 1.54) is 76.2 Å². The number of allylic oxidation sites excluding steroid dienone is 1. The summed E-state index contributed by atoms with van der Waals surface area (Å²) in [6, 6.07) is 0. The molecule has 0 bridgehead atoms. The molecule has 0 rings (SSSR count). The Labute approximate surface area is 112 Å². The SMILES string of the molecule is C=C(C)CCCCCCCCCC.CCCC.[HH]. The van der Waals surface area contributed by atoms with Crippen molar-refractivity contribution in [2.75, 3.05) is 0 Å². The third-order valence-corrected chi connectivity index (χ3v) is 2.96. The molecule has 0 aromatic carbocycles. The first-order chi connectivity index (χ1) is 8.18. The molecule has 0 spiro atoms. The average molecular weight is 242 g/mol. The van der Waals surface area contributed by atoms with Gasteiger partial charge in [0, 0.05) is 1.43 Å². The zero-order chi connectivity index (χ0) is 13.4. The summed E-state index contributed by atoms with van der Waals surface area (Å²) in [5.41, 5.74) is 1.34. The molecule has 0 aromatic heterocycles. The van der Waals surface area contributed by atoms with Gasteiger partial charge in [-0.15, -0.1) is 6.58 Å². The van der Waals surface area contributed by atoms with Gasteiger partial charge in [-0.2, -0.15) is 0 Å². The third kappa shape index (κ3) is 25.8. The monoisotopic (exact) mass is 242 g/mol. The maximum absolute atomic E-state index is 3.91. The predicted molar refractivity (Wildman–Crippen MR) is 84.7 cm³/mol. The molecular formula is C17H38. The van der Waals surface area contributed by atoms with Gasteiger partial charge in [-0.05, 0) is 19.8 Å². The fourth-order valence-electron chi connectivity index (χ4n) is 1.56. The molecule has 17 heavy (non-hydrogen) atoms. The topological polar surface area (TPSA) is 0 Å². The average Bonchev–Trinajstić information content (AvgIpc) is 2.32. The van der Waals surface area contributed by atoms with Crippen LogP contribution in [0.3, 0.4) is 0 Å². The molecule has 0 aromatic rings. The summed E-state index contributed by atoms with van der Waals surface area (Å²) >= 11 is 0. The number of unbranched alkanes of at least 4 members (excludes halogenated alkanes) is 8. The molecule has 0 saturated heterocycles. The molecule has 0 unspecified atom stereocenters. The van der Waals surface area contributed by atoms with E-state index in [1.807, 2.05) is 0 Å². The molecule has 0 aliphatic rings. The number of hydrogen-bond acceptors (Lipinski definition) is 0. The van der Waals surface area contributed by atoms with Crippen LogP contribution in [0.4, 0.5) is 0 Å². The van der Waals surface area contributed by atoms with Gasteiger partial charge in [-0.1, -0.05) is 84.1 Å². The van der Waals surface area contributed by atoms with Crippen LogP contribution >= 0.6 is 0 Å². The lowest BCUT2D eigenvalue weighted by Gasteiger charge is -2.01. The lowest BCUT2D eigenvalue weighted by Crippen LogP contribution is -1.81. The van der Waals surface area contributed by atoms with Crippen LogP contribution in [0.15, 0.2) is 12.2 Å². The van der Waals surface area contributed by atoms with E-state index in [9.17, 15) is 0 Å². The molecule has 0 nitrogen and oxygen atoms in total. The minimum atomic E-state index is 0. The van der Waals surface area contributed by atoms with Crippen LogP contribution in [-0.2, 0) is 0 Å². The Morgan fingerprint density at radius 1 is 0.706 bits per heavy atom. The van der Waals surface area contributed by atoms with Gasteiger partial charge in [0.15, 0.2) is 0 Å². The van der Waals surface area contributed by atoms with Crippen molar-refractivity contribution < 1.29 is 1.43 Å². The first-order valence-electron chi connectivity index (χ1n) is 7.83. The highest BCUT2D eigenvalue weighted by Gasteiger charge is 1.91. The predicted octanol–water partition coefficient (Wildman–Crippen LogP) is 7.15. The number of rotatable bonds is 10. The van der Waals surface area contributed by atoms with E-state index in [4.69, 9.17) is 0 Å². The summed E-state index contributed by atoms with van der Waals surface area (Å²) in [4.78, 5) is 0. The van der Waals surface area contributed by atoms with Crippen molar-refractivity contribution in [2.24, 2.45) is 0 Å². The van der Waals surface area contributed by atoms with E-state index in [2.05, 4.69) is 34.3 Å². The van der Waals surface area contributed by atoms with Crippen molar-refractivity contribution in [1.29, 1.82) is 0 Å². The van der Waals surface area contributed by atoms with Crippen molar-refractivity contribution in [3.63, 3.8) is 0 Å². The molecule has 0 heteroatoms. The standard InChI is InChI=1S/C13H26.C4H10.H2/c1-4-5-6-7-8-9-10-11-12-13(2)3;1-3-4-2;/h2,4-12H2,1,3H3;3-4H2,1-2H3;1H. The largest absolute Gasteiger partial charge is 0.100 e. The second-order valence-electron chi connectivity index (χ2n) is 5.18. The van der Waals surface area contributed by atoms with E-state index >= 15 is 0 Å². The molecule has 0 aliphatic carbocycles. The highest BCUT2D eigenvalue weighted by Crippen LogP contribution is 2.11. The Bertz CT molecular complexity index is 139. The fraction of sp³-hybridized carbons (Fsp3) is 0.882. The third-order valence-electron chi connectivity index (χ3n) is 2.96. The van der Waals surface area contributed by atoms with Gasteiger partial charge in [-0.25, -0.2) is 0 Å². The number of hydrogen-bond donors (Lipinski definition) is 0. The maximum Gasteiger partial charge on any atom is 0 e. The van der Waals surface area contributed by atoms with E-state index in [0.717, 1.165) is 0 Å². The van der Waals surface area contributed by atoms with E-state index in [0.29, 0.717) is 0 Å². The van der Waals surface area contributed by atoms with E-state index < -0.39 is 0 Å². The van der Waals surface area contributed by atoms with Crippen LogP contribution in [0.25, 0.3) is 0 Å². The molecule has 0 heterocycles. The smallest absolute Gasteiger partial charge is 0 e. The zero-order valence-corrected chi connectivity index (χ0v) is 13.0. The minimum absolute atomic E-state index is 0. The maximum atomic E-state index is 3.91. The fourth-order valence-corrected chi connectivity index (χ4v) is 1.56. The summed E-state index contributed by atoms with van der Waals surface area (Å²) < 4.78 is 0. The van der Waals surface area contributed by atoms with Crippen molar-refractivity contribution in [3.05, 3.63) is 12.2 Å². The van der Waals surface area contributed by atoms with E-state index in [1.54, 1.807) is 0 Å². The summed E-state index contributed by atoms with van der Waals surface area (Å²) in [5.74, 6) is 0. The van der Waals surface area contributed by atoms with Crippen LogP contribution in [0.1, 0.15) is 99.8 Å². The minimum Gasteiger partial charge on any atom is -0.100 e. The second kappa shape index (κ2) is 18.1. The van der Waals surface area contributed by atoms with Crippen LogP contribution in [0, 0.1) is 0 Å². The summed E-state index contributed by atoms with van der Waals surface area (Å²) in [6.45, 7) is 12.7. The van der Waals surface area contributed by atoms with Gasteiger partial charge < -0.3 is 0 Å². The Balaban J connectivity index is -0.000000392. The molecular weight excluding hydrogens is 204 g/mol. The van der Waals surface area contributed by atoms with Gasteiger partial charge in [0.05, 0.1) is 0 Å². The summed E-state index contributed by atoms with van der Waals surface area (Å²) in [7, 11) is 0. The Hall–Kier alpha value is -0.260. The summed E-state index contributed by atoms with van der Waals surface area (Å²) in [6.07, 6.45) is 15.2. The highest BCUT2D eigenvalue weighted by atomic mass is 14.0. The van der Waals surface area contributed by atoms with Crippen molar-refractivity contribution in [1.82, 2.24) is 0 Å². The molecule has 106 valence electrons. The lowest BCUT2D eigenvalue weighted by molar-refractivity contribution is 0.575. The van der Waals surface area contributed by atoms with Gasteiger partial charge in [0.25, 0.3) is 0 Å². The van der Waals surface area contributed by atoms with Gasteiger partial charge in [0.1, 0.15) is 0 Å². The van der Waals surface area contributed by atoms with Gasteiger partial charge in [0.2, 0.25) is 0 Å². The first-order valence-corrected chi connectivity index (χ1v) is 7.83. The lowest BCUT2D eigenvalue weighted by atomic mass is 10.1. The zero-order valence-electron chi connectivity index (χ0n) is 13.0. The highest BCUT2D eigenvalue weighted by molar-refractivity contribution is 4.86. The molecule has 0 atom stereocenters.